The van der Waals surface area contributed by atoms with Gasteiger partial charge in [0.25, 0.3) is 0 Å². The Kier molecular flexibility index (Phi) is 3.96. The van der Waals surface area contributed by atoms with E-state index in [1.54, 1.807) is 0 Å². The highest BCUT2D eigenvalue weighted by Gasteiger charge is 2.18. The van der Waals surface area contributed by atoms with Crippen molar-refractivity contribution < 1.29 is 0 Å². The maximum atomic E-state index is 5.07. The number of rotatable bonds is 2. The minimum Gasteiger partial charge on any atom is -0.338 e. The fourth-order valence-corrected chi connectivity index (χ4v) is 5.09. The first-order valence-electron chi connectivity index (χ1n) is 9.95. The zero-order valence-corrected chi connectivity index (χ0v) is 17.6. The summed E-state index contributed by atoms with van der Waals surface area (Å²) in [5, 5.41) is 4.82. The fraction of sp³-hybridized carbons (Fsp3) is 0. The van der Waals surface area contributed by atoms with E-state index in [4.69, 9.17) is 4.98 Å². The van der Waals surface area contributed by atoms with Crippen LogP contribution in [-0.2, 0) is 0 Å². The topological polar surface area (TPSA) is 28.7 Å². The number of imidazole rings is 1. The van der Waals surface area contributed by atoms with Gasteiger partial charge in [-0.15, -0.1) is 0 Å². The van der Waals surface area contributed by atoms with Gasteiger partial charge in [0.05, 0.1) is 11.0 Å². The summed E-state index contributed by atoms with van der Waals surface area (Å²) in [5.41, 5.74) is 5.48. The summed E-state index contributed by atoms with van der Waals surface area (Å²) in [5.74, 6) is 0.890. The second-order valence-corrected chi connectivity index (χ2v) is 8.23. The van der Waals surface area contributed by atoms with Crippen LogP contribution < -0.4 is 0 Å². The average Bonchev–Trinajstić information content (AvgIpc) is 3.25. The predicted octanol–water partition coefficient (Wildman–Crippen LogP) is 7.97. The number of halogens is 1. The van der Waals surface area contributed by atoms with E-state index >= 15 is 0 Å². The van der Waals surface area contributed by atoms with Gasteiger partial charge >= 0.3 is 0 Å². The smallest absolute Gasteiger partial charge is 0.138 e. The molecule has 0 saturated heterocycles. The van der Waals surface area contributed by atoms with Gasteiger partial charge in [-0.1, -0.05) is 91.0 Å². The third-order valence-electron chi connectivity index (χ3n) is 5.69. The van der Waals surface area contributed by atoms with Crippen molar-refractivity contribution in [3.8, 4) is 22.5 Å². The van der Waals surface area contributed by atoms with E-state index in [9.17, 15) is 0 Å². The van der Waals surface area contributed by atoms with Gasteiger partial charge in [-0.2, -0.15) is 0 Å². The molecule has 0 fully saturated rings. The Morgan fingerprint density at radius 2 is 1.23 bits per heavy atom. The minimum absolute atomic E-state index is 0.890. The Morgan fingerprint density at radius 3 is 1.97 bits per heavy atom. The first kappa shape index (κ1) is 17.4. The Morgan fingerprint density at radius 1 is 0.600 bits per heavy atom. The predicted molar refractivity (Wildman–Crippen MR) is 130 cm³/mol. The molecular formula is C27H17BrN2. The third kappa shape index (κ3) is 2.59. The number of benzene rings is 5. The monoisotopic (exact) mass is 448 g/mol. The van der Waals surface area contributed by atoms with Crippen LogP contribution in [0.15, 0.2) is 102 Å². The molecular weight excluding hydrogens is 432 g/mol. The van der Waals surface area contributed by atoms with Gasteiger partial charge in [0.15, 0.2) is 0 Å². The van der Waals surface area contributed by atoms with E-state index < -0.39 is 0 Å². The van der Waals surface area contributed by atoms with Gasteiger partial charge in [0.1, 0.15) is 5.82 Å². The lowest BCUT2D eigenvalue weighted by molar-refractivity contribution is 1.34. The zero-order chi connectivity index (χ0) is 20.1. The number of nitrogens with one attached hydrogen (secondary N) is 1. The van der Waals surface area contributed by atoms with Crippen molar-refractivity contribution >= 4 is 48.5 Å². The lowest BCUT2D eigenvalue weighted by atomic mass is 9.92. The van der Waals surface area contributed by atoms with Crippen LogP contribution in [0.25, 0.3) is 55.1 Å². The first-order chi connectivity index (χ1) is 14.8. The number of nitrogens with zero attached hydrogens (tertiary/aromatic N) is 1. The molecule has 0 bridgehead atoms. The van der Waals surface area contributed by atoms with Crippen molar-refractivity contribution in [3.05, 3.63) is 102 Å². The fourth-order valence-electron chi connectivity index (χ4n) is 4.32. The van der Waals surface area contributed by atoms with E-state index in [2.05, 4.69) is 99.8 Å². The van der Waals surface area contributed by atoms with Crippen LogP contribution >= 0.6 is 15.9 Å². The van der Waals surface area contributed by atoms with Crippen LogP contribution in [-0.4, -0.2) is 9.97 Å². The summed E-state index contributed by atoms with van der Waals surface area (Å²) >= 11 is 3.94. The molecule has 142 valence electrons. The van der Waals surface area contributed by atoms with Gasteiger partial charge in [-0.05, 0) is 43.7 Å². The number of aromatic amines is 1. The van der Waals surface area contributed by atoms with E-state index in [1.807, 2.05) is 18.2 Å². The van der Waals surface area contributed by atoms with Gasteiger partial charge in [-0.25, -0.2) is 4.98 Å². The van der Waals surface area contributed by atoms with Crippen molar-refractivity contribution in [1.82, 2.24) is 9.97 Å². The second kappa shape index (κ2) is 6.82. The van der Waals surface area contributed by atoms with Crippen LogP contribution in [0.4, 0.5) is 0 Å². The van der Waals surface area contributed by atoms with Gasteiger partial charge < -0.3 is 4.98 Å². The van der Waals surface area contributed by atoms with Gasteiger partial charge in [-0.3, -0.25) is 0 Å². The average molecular weight is 449 g/mol. The molecule has 3 heteroatoms. The second-order valence-electron chi connectivity index (χ2n) is 7.44. The van der Waals surface area contributed by atoms with Crippen LogP contribution in [0.1, 0.15) is 0 Å². The first-order valence-corrected chi connectivity index (χ1v) is 10.7. The van der Waals surface area contributed by atoms with Crippen molar-refractivity contribution in [2.24, 2.45) is 0 Å². The molecule has 0 aliphatic heterocycles. The molecule has 0 radical (unpaired) electrons. The molecule has 0 saturated carbocycles. The quantitative estimate of drug-likeness (QED) is 0.267. The van der Waals surface area contributed by atoms with Crippen LogP contribution in [0.5, 0.6) is 0 Å². The minimum atomic E-state index is 0.890. The number of aromatic nitrogens is 2. The van der Waals surface area contributed by atoms with Gasteiger partial charge in [0, 0.05) is 21.0 Å². The highest BCUT2D eigenvalue weighted by atomic mass is 79.9. The van der Waals surface area contributed by atoms with Crippen molar-refractivity contribution in [3.63, 3.8) is 0 Å². The number of hydrogen-bond donors (Lipinski definition) is 1. The Balaban J connectivity index is 1.81. The zero-order valence-electron chi connectivity index (χ0n) is 16.1. The molecule has 0 aliphatic carbocycles. The molecule has 0 aliphatic rings. The largest absolute Gasteiger partial charge is 0.338 e. The van der Waals surface area contributed by atoms with Crippen molar-refractivity contribution in [2.45, 2.75) is 0 Å². The molecule has 0 amide bonds. The lowest BCUT2D eigenvalue weighted by Gasteiger charge is -2.14. The summed E-state index contributed by atoms with van der Waals surface area (Å²) in [6.45, 7) is 0. The molecule has 0 atom stereocenters. The summed E-state index contributed by atoms with van der Waals surface area (Å²) in [6, 6.07) is 33.8. The van der Waals surface area contributed by atoms with E-state index in [0.29, 0.717) is 0 Å². The molecule has 6 aromatic rings. The maximum Gasteiger partial charge on any atom is 0.138 e. The van der Waals surface area contributed by atoms with E-state index in [-0.39, 0.29) is 0 Å². The molecule has 2 nitrogen and oxygen atoms in total. The molecule has 30 heavy (non-hydrogen) atoms. The molecule has 0 unspecified atom stereocenters. The highest BCUT2D eigenvalue weighted by Crippen LogP contribution is 2.44. The standard InChI is InChI=1S/C27H17BrN2/c28-25-21-14-8-7-13-19(21)20-15-16-22-26(24(20)23(25)17-9-3-1-4-10-17)30-27(29-22)18-11-5-2-6-12-18/h1-16H,(H,29,30). The summed E-state index contributed by atoms with van der Waals surface area (Å²) in [7, 11) is 0. The molecule has 5 aromatic carbocycles. The van der Waals surface area contributed by atoms with Crippen LogP contribution in [0.2, 0.25) is 0 Å². The Hall–Kier alpha value is -3.43. The van der Waals surface area contributed by atoms with E-state index in [0.717, 1.165) is 26.9 Å². The Labute approximate surface area is 182 Å². The van der Waals surface area contributed by atoms with Crippen LogP contribution in [0.3, 0.4) is 0 Å². The molecule has 6 rings (SSSR count). The lowest BCUT2D eigenvalue weighted by Crippen LogP contribution is -1.89. The molecule has 0 spiro atoms. The highest BCUT2D eigenvalue weighted by molar-refractivity contribution is 9.10. The number of fused-ring (bicyclic) bond motifs is 5. The molecule has 1 aromatic heterocycles. The third-order valence-corrected chi connectivity index (χ3v) is 6.51. The number of H-pyrrole nitrogens is 1. The van der Waals surface area contributed by atoms with Crippen LogP contribution in [0, 0.1) is 0 Å². The normalized spacial score (nSPS) is 11.5. The number of hydrogen-bond acceptors (Lipinski definition) is 1. The summed E-state index contributed by atoms with van der Waals surface area (Å²) in [4.78, 5) is 8.59. The van der Waals surface area contributed by atoms with E-state index in [1.165, 1.54) is 32.7 Å². The van der Waals surface area contributed by atoms with Gasteiger partial charge in [0.2, 0.25) is 0 Å². The summed E-state index contributed by atoms with van der Waals surface area (Å²) in [6.07, 6.45) is 0. The molecule has 1 heterocycles. The summed E-state index contributed by atoms with van der Waals surface area (Å²) < 4.78 is 1.11. The molecule has 1 N–H and O–H groups in total. The van der Waals surface area contributed by atoms with Crippen molar-refractivity contribution in [2.75, 3.05) is 0 Å². The SMILES string of the molecule is Brc1c(-c2ccccc2)c2c(ccc3[nH]c(-c4ccccc4)nc32)c2ccccc12. The van der Waals surface area contributed by atoms with Crippen molar-refractivity contribution in [1.29, 1.82) is 0 Å². The Bertz CT molecular complexity index is 1530. The maximum absolute atomic E-state index is 5.07.